The minimum absolute atomic E-state index is 0.921. The maximum atomic E-state index is 7.02. The summed E-state index contributed by atoms with van der Waals surface area (Å²) < 4.78 is 0. The second kappa shape index (κ2) is 7.69. The summed E-state index contributed by atoms with van der Waals surface area (Å²) in [6.07, 6.45) is 11.3. The van der Waals surface area contributed by atoms with Crippen molar-refractivity contribution < 1.29 is 0 Å². The first-order valence-electron chi connectivity index (χ1n) is 5.80. The number of nitrogens with one attached hydrogen (secondary N) is 2. The van der Waals surface area contributed by atoms with Crippen LogP contribution in [-0.2, 0) is 0 Å². The Balaban J connectivity index is 0.000000181. The summed E-state index contributed by atoms with van der Waals surface area (Å²) in [5.74, 6) is 0. The van der Waals surface area contributed by atoms with Gasteiger partial charge >= 0.3 is 0 Å². The van der Waals surface area contributed by atoms with Crippen LogP contribution in [0.2, 0.25) is 0 Å². The highest BCUT2D eigenvalue weighted by molar-refractivity contribution is 5.85. The molecular weight excluding hydrogens is 196 g/mol. The fourth-order valence-corrected chi connectivity index (χ4v) is 1.61. The Labute approximate surface area is 97.9 Å². The molecule has 0 saturated carbocycles. The second-order valence-electron chi connectivity index (χ2n) is 3.74. The lowest BCUT2D eigenvalue weighted by atomic mass is 10.1. The van der Waals surface area contributed by atoms with E-state index >= 15 is 0 Å². The van der Waals surface area contributed by atoms with Gasteiger partial charge in [-0.15, -0.1) is 0 Å². The third-order valence-electron chi connectivity index (χ3n) is 2.54. The van der Waals surface area contributed by atoms with E-state index in [0.717, 1.165) is 11.3 Å². The van der Waals surface area contributed by atoms with Crippen LogP contribution in [0.3, 0.4) is 0 Å². The first-order valence-corrected chi connectivity index (χ1v) is 5.80. The first kappa shape index (κ1) is 12.5. The van der Waals surface area contributed by atoms with Crippen molar-refractivity contribution in [3.8, 4) is 0 Å². The van der Waals surface area contributed by atoms with Crippen LogP contribution in [0.25, 0.3) is 0 Å². The maximum Gasteiger partial charge on any atom is 0.0426 e. The van der Waals surface area contributed by atoms with E-state index in [-0.39, 0.29) is 0 Å². The Morgan fingerprint density at radius 2 is 1.75 bits per heavy atom. The molecule has 0 fully saturated rings. The fourth-order valence-electron chi connectivity index (χ4n) is 1.61. The molecule has 2 heteroatoms. The summed E-state index contributed by atoms with van der Waals surface area (Å²) in [7, 11) is 1.85. The van der Waals surface area contributed by atoms with Gasteiger partial charge in [0.05, 0.1) is 0 Å². The summed E-state index contributed by atoms with van der Waals surface area (Å²) in [6.45, 7) is 0. The normalized spacial score (nSPS) is 13.6. The highest BCUT2D eigenvalue weighted by Crippen LogP contribution is 2.10. The Morgan fingerprint density at radius 1 is 1.12 bits per heavy atom. The fraction of sp³-hybridized carbons (Fsp3) is 0.357. The number of benzene rings is 1. The van der Waals surface area contributed by atoms with Crippen molar-refractivity contribution in [1.82, 2.24) is 0 Å². The van der Waals surface area contributed by atoms with Gasteiger partial charge in [-0.2, -0.15) is 0 Å². The van der Waals surface area contributed by atoms with Crippen LogP contribution in [0.5, 0.6) is 0 Å². The summed E-state index contributed by atoms with van der Waals surface area (Å²) in [5.41, 5.74) is 1.92. The zero-order valence-corrected chi connectivity index (χ0v) is 9.87. The number of anilines is 1. The molecule has 0 aromatic heterocycles. The van der Waals surface area contributed by atoms with Gasteiger partial charge < -0.3 is 10.7 Å². The standard InChI is InChI=1S/C8H10N2.C6H10/c1-10-8-5-3-2-4-7(8)6-9;1-2-4-6-5-3-1/h2-6,9-10H,1H3;1-2H,3-6H2. The monoisotopic (exact) mass is 216 g/mol. The molecule has 0 radical (unpaired) electrons. The Bertz CT molecular complexity index is 334. The number of allylic oxidation sites excluding steroid dienone is 2. The largest absolute Gasteiger partial charge is 0.388 e. The number of para-hydroxylation sites is 1. The van der Waals surface area contributed by atoms with Crippen LogP contribution in [0.15, 0.2) is 36.4 Å². The molecule has 16 heavy (non-hydrogen) atoms. The van der Waals surface area contributed by atoms with E-state index in [1.165, 1.54) is 31.9 Å². The maximum absolute atomic E-state index is 7.02. The smallest absolute Gasteiger partial charge is 0.0426 e. The van der Waals surface area contributed by atoms with Crippen molar-refractivity contribution in [2.24, 2.45) is 0 Å². The van der Waals surface area contributed by atoms with Gasteiger partial charge in [0.2, 0.25) is 0 Å². The Hall–Kier alpha value is -1.57. The van der Waals surface area contributed by atoms with Crippen molar-refractivity contribution in [2.75, 3.05) is 12.4 Å². The van der Waals surface area contributed by atoms with Gasteiger partial charge in [-0.3, -0.25) is 0 Å². The summed E-state index contributed by atoms with van der Waals surface area (Å²) >= 11 is 0. The molecule has 86 valence electrons. The van der Waals surface area contributed by atoms with Crippen LogP contribution >= 0.6 is 0 Å². The third-order valence-corrected chi connectivity index (χ3v) is 2.54. The second-order valence-corrected chi connectivity index (χ2v) is 3.74. The van der Waals surface area contributed by atoms with E-state index in [1.807, 2.05) is 31.3 Å². The topological polar surface area (TPSA) is 35.9 Å². The van der Waals surface area contributed by atoms with Gasteiger partial charge in [-0.05, 0) is 31.7 Å². The molecule has 0 bridgehead atoms. The van der Waals surface area contributed by atoms with Crippen LogP contribution in [0, 0.1) is 5.41 Å². The quantitative estimate of drug-likeness (QED) is 0.572. The molecule has 0 unspecified atom stereocenters. The van der Waals surface area contributed by atoms with Crippen molar-refractivity contribution in [3.63, 3.8) is 0 Å². The lowest BCUT2D eigenvalue weighted by Gasteiger charge is -2.01. The predicted molar refractivity (Wildman–Crippen MR) is 71.5 cm³/mol. The molecule has 0 spiro atoms. The van der Waals surface area contributed by atoms with Crippen molar-refractivity contribution in [2.45, 2.75) is 25.7 Å². The van der Waals surface area contributed by atoms with Crippen molar-refractivity contribution in [1.29, 1.82) is 5.41 Å². The van der Waals surface area contributed by atoms with E-state index in [0.29, 0.717) is 0 Å². The van der Waals surface area contributed by atoms with Gasteiger partial charge in [0.1, 0.15) is 0 Å². The van der Waals surface area contributed by atoms with Gasteiger partial charge in [-0.25, -0.2) is 0 Å². The number of hydrogen-bond donors (Lipinski definition) is 2. The molecule has 1 aliphatic carbocycles. The van der Waals surface area contributed by atoms with Crippen molar-refractivity contribution >= 4 is 11.9 Å². The molecule has 1 aliphatic rings. The number of rotatable bonds is 2. The highest BCUT2D eigenvalue weighted by Gasteiger charge is 1.92. The Morgan fingerprint density at radius 3 is 2.12 bits per heavy atom. The summed E-state index contributed by atoms with van der Waals surface area (Å²) in [6, 6.07) is 7.71. The van der Waals surface area contributed by atoms with E-state index in [2.05, 4.69) is 17.5 Å². The molecule has 2 rings (SSSR count). The molecule has 0 atom stereocenters. The lowest BCUT2D eigenvalue weighted by molar-refractivity contribution is 0.730. The average molecular weight is 216 g/mol. The minimum atomic E-state index is 0.921. The number of hydrogen-bond acceptors (Lipinski definition) is 2. The molecule has 1 aromatic carbocycles. The van der Waals surface area contributed by atoms with Gasteiger partial charge in [-0.1, -0.05) is 30.4 Å². The Kier molecular flexibility index (Phi) is 6.00. The van der Waals surface area contributed by atoms with Crippen LogP contribution in [0.4, 0.5) is 5.69 Å². The summed E-state index contributed by atoms with van der Waals surface area (Å²) in [4.78, 5) is 0. The molecule has 0 saturated heterocycles. The zero-order valence-electron chi connectivity index (χ0n) is 9.87. The van der Waals surface area contributed by atoms with E-state index < -0.39 is 0 Å². The molecule has 0 heterocycles. The zero-order chi connectivity index (χ0) is 11.6. The van der Waals surface area contributed by atoms with Gasteiger partial charge in [0, 0.05) is 24.5 Å². The van der Waals surface area contributed by atoms with E-state index in [4.69, 9.17) is 5.41 Å². The minimum Gasteiger partial charge on any atom is -0.388 e. The molecule has 0 amide bonds. The molecule has 1 aromatic rings. The first-order chi connectivity index (χ1) is 7.88. The molecule has 2 N–H and O–H groups in total. The molecular formula is C14H20N2. The van der Waals surface area contributed by atoms with Crippen LogP contribution in [0.1, 0.15) is 31.2 Å². The SMILES string of the molecule is C1=CCCCC1.CNc1ccccc1C=N. The molecule has 2 nitrogen and oxygen atoms in total. The predicted octanol–water partition coefficient (Wildman–Crippen LogP) is 3.84. The van der Waals surface area contributed by atoms with Crippen LogP contribution < -0.4 is 5.32 Å². The van der Waals surface area contributed by atoms with Crippen LogP contribution in [-0.4, -0.2) is 13.3 Å². The molecule has 0 aliphatic heterocycles. The lowest BCUT2D eigenvalue weighted by Crippen LogP contribution is -1.92. The third kappa shape index (κ3) is 4.30. The van der Waals surface area contributed by atoms with E-state index in [1.54, 1.807) is 0 Å². The van der Waals surface area contributed by atoms with E-state index in [9.17, 15) is 0 Å². The van der Waals surface area contributed by atoms with Gasteiger partial charge in [0.15, 0.2) is 0 Å². The highest BCUT2D eigenvalue weighted by atomic mass is 14.8. The average Bonchev–Trinajstić information content (AvgIpc) is 2.41. The summed E-state index contributed by atoms with van der Waals surface area (Å²) in [5, 5.41) is 10.0. The van der Waals surface area contributed by atoms with Gasteiger partial charge in [0.25, 0.3) is 0 Å². The van der Waals surface area contributed by atoms with Crippen molar-refractivity contribution in [3.05, 3.63) is 42.0 Å².